The van der Waals surface area contributed by atoms with Crippen molar-refractivity contribution in [2.24, 2.45) is 0 Å². The number of nitrogens with one attached hydrogen (secondary N) is 1. The smallest absolute Gasteiger partial charge is 0.218 e. The van der Waals surface area contributed by atoms with E-state index in [0.29, 0.717) is 5.11 Å². The molecule has 2 N–H and O–H groups in total. The van der Waals surface area contributed by atoms with Gasteiger partial charge in [0, 0.05) is 10.2 Å². The fourth-order valence-corrected chi connectivity index (χ4v) is 5.25. The molecule has 3 atom stereocenters. The van der Waals surface area contributed by atoms with Crippen LogP contribution >= 0.6 is 28.1 Å². The van der Waals surface area contributed by atoms with Crippen LogP contribution in [0.4, 0.5) is 5.69 Å². The number of rotatable bonds is 1. The molecule has 1 aromatic carbocycles. The highest BCUT2D eigenvalue weighted by atomic mass is 79.9. The lowest BCUT2D eigenvalue weighted by Gasteiger charge is -2.22. The Labute approximate surface area is 120 Å². The molecule has 0 bridgehead atoms. The first kappa shape index (κ1) is 12.5. The molecule has 1 aromatic rings. The fraction of sp³-hybridized carbons (Fsp3) is 0.364. The second-order valence-corrected chi connectivity index (χ2v) is 8.09. The average molecular weight is 348 g/mol. The van der Waals surface area contributed by atoms with E-state index < -0.39 is 10.2 Å². The van der Waals surface area contributed by atoms with Crippen molar-refractivity contribution in [2.45, 2.75) is 12.1 Å². The summed E-state index contributed by atoms with van der Waals surface area (Å²) in [5, 5.41) is 3.78. The highest BCUT2D eigenvalue weighted by Gasteiger charge is 2.54. The summed E-state index contributed by atoms with van der Waals surface area (Å²) in [6, 6.07) is 7.75. The predicted molar refractivity (Wildman–Crippen MR) is 80.3 cm³/mol. The first-order valence-corrected chi connectivity index (χ1v) is 8.59. The topological polar surface area (TPSA) is 52.6 Å². The molecule has 1 unspecified atom stereocenters. The van der Waals surface area contributed by atoms with Crippen molar-refractivity contribution < 1.29 is 8.76 Å². The van der Waals surface area contributed by atoms with Crippen molar-refractivity contribution in [3.8, 4) is 0 Å². The minimum absolute atomic E-state index is 0.0195. The lowest BCUT2D eigenvalue weighted by molar-refractivity contribution is 0.502. The molecule has 0 radical (unpaired) electrons. The van der Waals surface area contributed by atoms with E-state index >= 15 is 0 Å². The molecule has 2 saturated heterocycles. The number of anilines is 1. The predicted octanol–water partition coefficient (Wildman–Crippen LogP) is 1.87. The largest absolute Gasteiger partial charge is 0.352 e. The van der Waals surface area contributed by atoms with Gasteiger partial charge in [-0.15, -0.1) is 0 Å². The van der Waals surface area contributed by atoms with Crippen LogP contribution in [0.15, 0.2) is 28.7 Å². The van der Waals surface area contributed by atoms with Crippen LogP contribution in [0.2, 0.25) is 0 Å². The standard InChI is InChI=1S/C11H11BrN2O2S2/c12-7-2-1-3-8(4-7)14-10-6-18(15,16)5-9(10)13-11(14)17/h1-4,9-10H,5-6H2,(H-,13,15,16,17)/p+1/t9-,10+/m0/s1. The Kier molecular flexibility index (Phi) is 2.97. The molecule has 0 aliphatic carbocycles. The van der Waals surface area contributed by atoms with E-state index in [2.05, 4.69) is 21.2 Å². The summed E-state index contributed by atoms with van der Waals surface area (Å²) < 4.78 is 22.5. The van der Waals surface area contributed by atoms with E-state index in [4.69, 9.17) is 12.2 Å². The maximum Gasteiger partial charge on any atom is 0.218 e. The number of hydrogen-bond acceptors (Lipinski definition) is 2. The molecule has 2 aliphatic rings. The van der Waals surface area contributed by atoms with Gasteiger partial charge in [-0.25, -0.2) is 0 Å². The first-order chi connectivity index (χ1) is 8.46. The summed E-state index contributed by atoms with van der Waals surface area (Å²) in [6.07, 6.45) is 0. The number of nitrogens with zero attached hydrogens (tertiary/aromatic N) is 1. The van der Waals surface area contributed by atoms with Gasteiger partial charge in [0.15, 0.2) is 16.6 Å². The zero-order valence-corrected chi connectivity index (χ0v) is 12.6. The van der Waals surface area contributed by atoms with Crippen molar-refractivity contribution >= 4 is 49.2 Å². The molecule has 2 fully saturated rings. The van der Waals surface area contributed by atoms with Crippen LogP contribution in [-0.4, -0.2) is 33.3 Å². The van der Waals surface area contributed by atoms with E-state index in [9.17, 15) is 8.76 Å². The van der Waals surface area contributed by atoms with Crippen molar-refractivity contribution in [3.05, 3.63) is 28.7 Å². The Balaban J connectivity index is 1.97. The van der Waals surface area contributed by atoms with E-state index in [1.54, 1.807) is 0 Å². The normalized spacial score (nSPS) is 34.6. The molecule has 3 rings (SSSR count). The van der Waals surface area contributed by atoms with Gasteiger partial charge < -0.3 is 10.2 Å². The quantitative estimate of drug-likeness (QED) is 0.600. The van der Waals surface area contributed by atoms with Crippen LogP contribution in [0.25, 0.3) is 0 Å². The molecule has 0 spiro atoms. The number of hydrogen-bond donors (Lipinski definition) is 2. The number of benzene rings is 1. The van der Waals surface area contributed by atoms with Gasteiger partial charge in [0.05, 0.1) is 0 Å². The summed E-state index contributed by atoms with van der Waals surface area (Å²) in [6.45, 7) is 0. The van der Waals surface area contributed by atoms with E-state index in [1.165, 1.54) is 0 Å². The second-order valence-electron chi connectivity index (χ2n) is 4.58. The lowest BCUT2D eigenvalue weighted by atomic mass is 10.1. The van der Waals surface area contributed by atoms with Crippen LogP contribution in [0.3, 0.4) is 0 Å². The van der Waals surface area contributed by atoms with Gasteiger partial charge in [-0.05, 0) is 30.4 Å². The second kappa shape index (κ2) is 4.26. The van der Waals surface area contributed by atoms with E-state index in [0.717, 1.165) is 10.2 Å². The molecule has 2 heterocycles. The van der Waals surface area contributed by atoms with E-state index in [-0.39, 0.29) is 23.6 Å². The maximum absolute atomic E-state index is 11.8. The van der Waals surface area contributed by atoms with Gasteiger partial charge in [-0.1, -0.05) is 26.2 Å². The van der Waals surface area contributed by atoms with Crippen molar-refractivity contribution in [1.82, 2.24) is 5.32 Å². The number of halogens is 1. The molecule has 0 amide bonds. The Morgan fingerprint density at radius 2 is 2.28 bits per heavy atom. The van der Waals surface area contributed by atoms with Gasteiger partial charge in [0.1, 0.15) is 12.1 Å². The lowest BCUT2D eigenvalue weighted by Crippen LogP contribution is -2.37. The van der Waals surface area contributed by atoms with Crippen LogP contribution in [-0.2, 0) is 14.4 Å². The monoisotopic (exact) mass is 347 g/mol. The third-order valence-electron chi connectivity index (χ3n) is 3.28. The molecule has 0 aromatic heterocycles. The molecule has 2 aliphatic heterocycles. The van der Waals surface area contributed by atoms with E-state index in [1.807, 2.05) is 29.2 Å². The summed E-state index contributed by atoms with van der Waals surface area (Å²) in [7, 11) is -2.71. The Morgan fingerprint density at radius 3 is 3.00 bits per heavy atom. The zero-order valence-electron chi connectivity index (χ0n) is 9.38. The SMILES string of the molecule is O=[S+]1(O)C[C@@H]2NC(=S)N(c3cccc(Br)c3)[C@@H]2C1. The number of thiocarbonyl (C=S) groups is 1. The zero-order chi connectivity index (χ0) is 12.9. The van der Waals surface area contributed by atoms with Crippen LogP contribution in [0, 0.1) is 0 Å². The fourth-order valence-electron chi connectivity index (χ4n) is 2.55. The number of fused-ring (bicyclic) bond motifs is 1. The molecular formula is C11H12BrN2O2S2+. The molecule has 0 saturated carbocycles. The third-order valence-corrected chi connectivity index (χ3v) is 5.83. The molecule has 7 heteroatoms. The molecule has 18 heavy (non-hydrogen) atoms. The van der Waals surface area contributed by atoms with Gasteiger partial charge in [-0.3, -0.25) is 0 Å². The third kappa shape index (κ3) is 2.09. The van der Waals surface area contributed by atoms with Crippen LogP contribution in [0.1, 0.15) is 0 Å². The van der Waals surface area contributed by atoms with Gasteiger partial charge in [-0.2, -0.15) is 4.55 Å². The van der Waals surface area contributed by atoms with Crippen molar-refractivity contribution in [2.75, 3.05) is 16.4 Å². The molecule has 96 valence electrons. The summed E-state index contributed by atoms with van der Waals surface area (Å²) >= 11 is 8.75. The molecular weight excluding hydrogens is 336 g/mol. The first-order valence-electron chi connectivity index (χ1n) is 5.53. The minimum Gasteiger partial charge on any atom is -0.352 e. The van der Waals surface area contributed by atoms with Gasteiger partial charge in [0.25, 0.3) is 0 Å². The van der Waals surface area contributed by atoms with Gasteiger partial charge in [0.2, 0.25) is 10.2 Å². The van der Waals surface area contributed by atoms with Crippen LogP contribution < -0.4 is 10.2 Å². The Hall–Kier alpha value is -0.500. The molecule has 4 nitrogen and oxygen atoms in total. The average Bonchev–Trinajstić information content (AvgIpc) is 2.68. The van der Waals surface area contributed by atoms with Crippen molar-refractivity contribution in [3.63, 3.8) is 0 Å². The van der Waals surface area contributed by atoms with Crippen molar-refractivity contribution in [1.29, 1.82) is 0 Å². The Bertz CT molecular complexity index is 566. The van der Waals surface area contributed by atoms with Gasteiger partial charge >= 0.3 is 0 Å². The highest BCUT2D eigenvalue weighted by molar-refractivity contribution is 9.10. The Morgan fingerprint density at radius 1 is 1.50 bits per heavy atom. The summed E-state index contributed by atoms with van der Waals surface area (Å²) in [5.41, 5.74) is 0.950. The summed E-state index contributed by atoms with van der Waals surface area (Å²) in [5.74, 6) is 0.555. The highest BCUT2D eigenvalue weighted by Crippen LogP contribution is 2.32. The summed E-state index contributed by atoms with van der Waals surface area (Å²) in [4.78, 5) is 1.95. The van der Waals surface area contributed by atoms with Crippen LogP contribution in [0.5, 0.6) is 0 Å². The minimum atomic E-state index is -2.71. The maximum atomic E-state index is 11.8.